The topological polar surface area (TPSA) is 65.3 Å². The van der Waals surface area contributed by atoms with Gasteiger partial charge < -0.3 is 10.0 Å². The van der Waals surface area contributed by atoms with Crippen molar-refractivity contribution in [2.75, 3.05) is 13.2 Å². The second kappa shape index (κ2) is 9.67. The standard InChI is InChI=1S/C26H33F2N3O2/c1-6-29-30-22(23-20(27)10-7-11-21(23)28)15-17(2)19-12-13-26(5,25(19,3)4)24(33)31-14-8-9-18(31)16-32/h6-7,10-11,15,18-19,32H,1-2,8-9,12-14,16H2,3-5H3/b22-15-,30-29-/t18-,19?,26+/m0/s1. The number of aliphatic hydroxyl groups is 1. The van der Waals surface area contributed by atoms with Crippen LogP contribution in [-0.2, 0) is 4.79 Å². The zero-order valence-corrected chi connectivity index (χ0v) is 19.7. The van der Waals surface area contributed by atoms with E-state index in [1.807, 2.05) is 25.7 Å². The molecule has 1 saturated heterocycles. The van der Waals surface area contributed by atoms with E-state index in [2.05, 4.69) is 23.4 Å². The molecule has 1 aliphatic carbocycles. The molecule has 1 saturated carbocycles. The molecular formula is C26H33F2N3O2. The van der Waals surface area contributed by atoms with E-state index in [1.165, 1.54) is 24.4 Å². The number of nitrogens with zero attached hydrogens (tertiary/aromatic N) is 3. The number of benzene rings is 1. The van der Waals surface area contributed by atoms with E-state index in [4.69, 9.17) is 0 Å². The van der Waals surface area contributed by atoms with Gasteiger partial charge in [0.25, 0.3) is 0 Å². The predicted molar refractivity (Wildman–Crippen MR) is 125 cm³/mol. The van der Waals surface area contributed by atoms with Crippen LogP contribution in [0.2, 0.25) is 0 Å². The summed E-state index contributed by atoms with van der Waals surface area (Å²) in [7, 11) is 0. The Morgan fingerprint density at radius 3 is 2.55 bits per heavy atom. The van der Waals surface area contributed by atoms with Crippen molar-refractivity contribution < 1.29 is 18.7 Å². The molecule has 1 aliphatic heterocycles. The molecule has 7 heteroatoms. The highest BCUT2D eigenvalue weighted by molar-refractivity contribution is 5.84. The number of aliphatic hydroxyl groups excluding tert-OH is 1. The summed E-state index contributed by atoms with van der Waals surface area (Å²) in [4.78, 5) is 15.4. The summed E-state index contributed by atoms with van der Waals surface area (Å²) in [6.45, 7) is 14.4. The predicted octanol–water partition coefficient (Wildman–Crippen LogP) is 5.88. The molecule has 1 aromatic rings. The summed E-state index contributed by atoms with van der Waals surface area (Å²) in [5.41, 5.74) is -0.752. The van der Waals surface area contributed by atoms with Gasteiger partial charge in [0.2, 0.25) is 5.91 Å². The van der Waals surface area contributed by atoms with Crippen molar-refractivity contribution in [2.45, 2.75) is 52.5 Å². The van der Waals surface area contributed by atoms with Gasteiger partial charge in [-0.25, -0.2) is 8.78 Å². The molecule has 3 atom stereocenters. The Bertz CT molecular complexity index is 981. The first-order valence-electron chi connectivity index (χ1n) is 11.4. The van der Waals surface area contributed by atoms with Gasteiger partial charge in [0, 0.05) is 12.7 Å². The quantitative estimate of drug-likeness (QED) is 0.410. The third-order valence-corrected chi connectivity index (χ3v) is 7.78. The molecule has 0 aromatic heterocycles. The molecule has 3 rings (SSSR count). The Balaban J connectivity index is 1.94. The number of allylic oxidation sites excluding steroid dienone is 2. The third kappa shape index (κ3) is 4.43. The van der Waals surface area contributed by atoms with Crippen molar-refractivity contribution in [3.05, 3.63) is 66.4 Å². The van der Waals surface area contributed by atoms with Crippen LogP contribution in [0.15, 0.2) is 59.4 Å². The second-order valence-electron chi connectivity index (χ2n) is 9.72. The van der Waals surface area contributed by atoms with E-state index >= 15 is 0 Å². The molecule has 1 aromatic carbocycles. The van der Waals surface area contributed by atoms with Crippen LogP contribution < -0.4 is 0 Å². The van der Waals surface area contributed by atoms with Crippen LogP contribution in [0.3, 0.4) is 0 Å². The second-order valence-corrected chi connectivity index (χ2v) is 9.72. The number of azo groups is 1. The number of hydrogen-bond donors (Lipinski definition) is 1. The summed E-state index contributed by atoms with van der Waals surface area (Å²) >= 11 is 0. The Morgan fingerprint density at radius 2 is 1.94 bits per heavy atom. The first-order chi connectivity index (χ1) is 15.6. The van der Waals surface area contributed by atoms with Crippen molar-refractivity contribution in [2.24, 2.45) is 27.0 Å². The average molecular weight is 458 g/mol. The minimum atomic E-state index is -0.744. The molecule has 1 amide bonds. The van der Waals surface area contributed by atoms with Gasteiger partial charge in [0.15, 0.2) is 0 Å². The number of carbonyl (C=O) groups excluding carboxylic acids is 1. The molecule has 1 heterocycles. The SMILES string of the molecule is C=C/N=N\C(=C/C(=C)C1CC[C@](C)(C(=O)N2CCC[C@H]2CO)C1(C)C)c1c(F)cccc1F. The molecule has 5 nitrogen and oxygen atoms in total. The summed E-state index contributed by atoms with van der Waals surface area (Å²) in [5, 5.41) is 17.4. The maximum absolute atomic E-state index is 14.5. The molecule has 2 aliphatic rings. The maximum atomic E-state index is 14.5. The first-order valence-corrected chi connectivity index (χ1v) is 11.4. The number of carbonyl (C=O) groups is 1. The highest BCUT2D eigenvalue weighted by Gasteiger charge is 2.58. The lowest BCUT2D eigenvalue weighted by Crippen LogP contribution is -2.51. The van der Waals surface area contributed by atoms with Crippen LogP contribution in [0, 0.1) is 28.4 Å². The van der Waals surface area contributed by atoms with E-state index in [0.717, 1.165) is 12.8 Å². The fourth-order valence-corrected chi connectivity index (χ4v) is 5.41. The summed E-state index contributed by atoms with van der Waals surface area (Å²) in [6.07, 6.45) is 5.81. The van der Waals surface area contributed by atoms with E-state index in [0.29, 0.717) is 25.0 Å². The highest BCUT2D eigenvalue weighted by atomic mass is 19.1. The lowest BCUT2D eigenvalue weighted by Gasteiger charge is -2.44. The number of amides is 1. The zero-order chi connectivity index (χ0) is 24.4. The highest BCUT2D eigenvalue weighted by Crippen LogP contribution is 2.59. The molecule has 0 bridgehead atoms. The summed E-state index contributed by atoms with van der Waals surface area (Å²) in [6, 6.07) is 3.49. The van der Waals surface area contributed by atoms with Crippen molar-refractivity contribution >= 4 is 11.6 Å². The minimum absolute atomic E-state index is 0.0196. The number of halogens is 2. The largest absolute Gasteiger partial charge is 0.394 e. The monoisotopic (exact) mass is 457 g/mol. The summed E-state index contributed by atoms with van der Waals surface area (Å²) < 4.78 is 28.9. The molecule has 2 fully saturated rings. The van der Waals surface area contributed by atoms with Crippen LogP contribution in [0.1, 0.15) is 52.0 Å². The van der Waals surface area contributed by atoms with Crippen molar-refractivity contribution in [3.8, 4) is 0 Å². The van der Waals surface area contributed by atoms with Crippen molar-refractivity contribution in [1.82, 2.24) is 4.90 Å². The third-order valence-electron chi connectivity index (χ3n) is 7.78. The Morgan fingerprint density at radius 1 is 1.27 bits per heavy atom. The molecule has 0 radical (unpaired) electrons. The molecule has 1 N–H and O–H groups in total. The van der Waals surface area contributed by atoms with E-state index in [-0.39, 0.29) is 35.7 Å². The smallest absolute Gasteiger partial charge is 0.229 e. The van der Waals surface area contributed by atoms with Gasteiger partial charge in [-0.3, -0.25) is 4.79 Å². The van der Waals surface area contributed by atoms with Crippen LogP contribution in [0.4, 0.5) is 8.78 Å². The Labute approximate surface area is 194 Å². The van der Waals surface area contributed by atoms with Gasteiger partial charge >= 0.3 is 0 Å². The molecule has 1 unspecified atom stereocenters. The minimum Gasteiger partial charge on any atom is -0.394 e. The summed E-state index contributed by atoms with van der Waals surface area (Å²) in [5.74, 6) is -1.54. The van der Waals surface area contributed by atoms with Gasteiger partial charge in [0.05, 0.1) is 29.3 Å². The van der Waals surface area contributed by atoms with Crippen LogP contribution in [0.25, 0.3) is 5.70 Å². The van der Waals surface area contributed by atoms with E-state index < -0.39 is 22.5 Å². The van der Waals surface area contributed by atoms with Crippen LogP contribution >= 0.6 is 0 Å². The number of rotatable bonds is 7. The van der Waals surface area contributed by atoms with Gasteiger partial charge in [-0.05, 0) is 60.8 Å². The van der Waals surface area contributed by atoms with Crippen LogP contribution in [0.5, 0.6) is 0 Å². The first kappa shape index (κ1) is 25.0. The number of likely N-dealkylation sites (tertiary alicyclic amines) is 1. The average Bonchev–Trinajstić information content (AvgIpc) is 3.33. The van der Waals surface area contributed by atoms with Gasteiger partial charge in [-0.1, -0.05) is 40.0 Å². The normalized spacial score (nSPS) is 27.3. The Kier molecular flexibility index (Phi) is 7.32. The van der Waals surface area contributed by atoms with E-state index in [1.54, 1.807) is 6.08 Å². The van der Waals surface area contributed by atoms with Crippen molar-refractivity contribution in [3.63, 3.8) is 0 Å². The van der Waals surface area contributed by atoms with E-state index in [9.17, 15) is 18.7 Å². The van der Waals surface area contributed by atoms with Crippen LogP contribution in [-0.4, -0.2) is 35.1 Å². The fourth-order valence-electron chi connectivity index (χ4n) is 5.41. The molecule has 178 valence electrons. The lowest BCUT2D eigenvalue weighted by molar-refractivity contribution is -0.148. The Hall–Kier alpha value is -2.67. The molecule has 33 heavy (non-hydrogen) atoms. The fraction of sp³-hybridized carbons (Fsp3) is 0.500. The molecular weight excluding hydrogens is 424 g/mol. The molecule has 0 spiro atoms. The maximum Gasteiger partial charge on any atom is 0.229 e. The van der Waals surface area contributed by atoms with Crippen molar-refractivity contribution in [1.29, 1.82) is 0 Å². The number of hydrogen-bond acceptors (Lipinski definition) is 4. The van der Waals surface area contributed by atoms with Gasteiger partial charge in [0.1, 0.15) is 11.6 Å². The zero-order valence-electron chi connectivity index (χ0n) is 19.7. The van der Waals surface area contributed by atoms with Gasteiger partial charge in [-0.15, -0.1) is 0 Å². The lowest BCUT2D eigenvalue weighted by atomic mass is 9.63. The van der Waals surface area contributed by atoms with Gasteiger partial charge in [-0.2, -0.15) is 10.2 Å².